The minimum Gasteiger partial charge on any atom is -0.273 e. The molecule has 0 radical (unpaired) electrons. The Labute approximate surface area is 126 Å². The van der Waals surface area contributed by atoms with Gasteiger partial charge in [0.05, 0.1) is 21.9 Å². The van der Waals surface area contributed by atoms with Gasteiger partial charge in [-0.15, -0.1) is 0 Å². The van der Waals surface area contributed by atoms with Crippen LogP contribution in [0.25, 0.3) is 0 Å². The molecule has 3 aliphatic rings. The third kappa shape index (κ3) is 1.54. The molecule has 2 bridgehead atoms. The summed E-state index contributed by atoms with van der Waals surface area (Å²) >= 11 is 5.70. The van der Waals surface area contributed by atoms with Gasteiger partial charge in [-0.2, -0.15) is 0 Å². The Morgan fingerprint density at radius 2 is 2.10 bits per heavy atom. The van der Waals surface area contributed by atoms with Crippen LogP contribution in [0.15, 0.2) is 29.8 Å². The van der Waals surface area contributed by atoms with Crippen LogP contribution >= 0.6 is 11.6 Å². The number of sulfonamides is 1. The van der Waals surface area contributed by atoms with Crippen LogP contribution in [0.2, 0.25) is 5.02 Å². The third-order valence-electron chi connectivity index (χ3n) is 4.59. The van der Waals surface area contributed by atoms with E-state index in [1.165, 1.54) is 18.2 Å². The summed E-state index contributed by atoms with van der Waals surface area (Å²) < 4.78 is 40.2. The second-order valence-electron chi connectivity index (χ2n) is 5.64. The van der Waals surface area contributed by atoms with E-state index in [0.29, 0.717) is 17.1 Å². The molecule has 2 fully saturated rings. The number of benzene rings is 1. The Morgan fingerprint density at radius 1 is 1.33 bits per heavy atom. The summed E-state index contributed by atoms with van der Waals surface area (Å²) in [6.07, 6.45) is 3.28. The Balaban J connectivity index is 1.90. The lowest BCUT2D eigenvalue weighted by molar-refractivity contribution is -0.119. The van der Waals surface area contributed by atoms with E-state index in [-0.39, 0.29) is 16.6 Å². The maximum absolute atomic E-state index is 14.2. The van der Waals surface area contributed by atoms with Crippen LogP contribution in [-0.4, -0.2) is 19.6 Å². The molecule has 0 spiro atoms. The fourth-order valence-corrected chi connectivity index (χ4v) is 6.27. The maximum atomic E-state index is 14.2. The van der Waals surface area contributed by atoms with E-state index >= 15 is 0 Å². The van der Waals surface area contributed by atoms with E-state index in [4.69, 9.17) is 11.6 Å². The molecule has 3 atom stereocenters. The van der Waals surface area contributed by atoms with Crippen LogP contribution < -0.4 is 4.31 Å². The molecule has 7 heteroatoms. The summed E-state index contributed by atoms with van der Waals surface area (Å²) in [5, 5.41) is -0.946. The number of carbonyl (C=O) groups excluding carboxylic acids is 1. The predicted octanol–water partition coefficient (Wildman–Crippen LogP) is 2.49. The topological polar surface area (TPSA) is 54.5 Å². The highest BCUT2D eigenvalue weighted by Crippen LogP contribution is 2.53. The number of hydrogen-bond donors (Lipinski definition) is 0. The van der Waals surface area contributed by atoms with Crippen molar-refractivity contribution in [1.82, 2.24) is 0 Å². The molecule has 1 saturated carbocycles. The van der Waals surface area contributed by atoms with Gasteiger partial charge in [0.15, 0.2) is 5.82 Å². The number of halogens is 2. The molecule has 0 N–H and O–H groups in total. The Bertz CT molecular complexity index is 804. The molecule has 1 aliphatic heterocycles. The smallest absolute Gasteiger partial charge is 0.249 e. The van der Waals surface area contributed by atoms with Crippen molar-refractivity contribution in [3.05, 3.63) is 40.7 Å². The SMILES string of the molecule is O=C1C2C3=CCC(C3)C2S(=O)(=O)N1c1cccc(Cl)c1F. The number of anilines is 1. The molecule has 1 aromatic carbocycles. The average molecular weight is 328 g/mol. The summed E-state index contributed by atoms with van der Waals surface area (Å²) in [7, 11) is -3.89. The number of fused-ring (bicyclic) bond motifs is 5. The van der Waals surface area contributed by atoms with Gasteiger partial charge >= 0.3 is 0 Å². The van der Waals surface area contributed by atoms with Crippen LogP contribution in [0.3, 0.4) is 0 Å². The lowest BCUT2D eigenvalue weighted by Gasteiger charge is -2.20. The van der Waals surface area contributed by atoms with E-state index in [2.05, 4.69) is 0 Å². The van der Waals surface area contributed by atoms with Crippen LogP contribution in [0.4, 0.5) is 10.1 Å². The summed E-state index contributed by atoms with van der Waals surface area (Å²) in [6, 6.07) is 4.03. The van der Waals surface area contributed by atoms with Gasteiger partial charge in [0.2, 0.25) is 15.9 Å². The summed E-state index contributed by atoms with van der Waals surface area (Å²) in [6.45, 7) is 0. The van der Waals surface area contributed by atoms with Crippen molar-refractivity contribution in [2.45, 2.75) is 18.1 Å². The number of rotatable bonds is 1. The van der Waals surface area contributed by atoms with Crippen LogP contribution in [0, 0.1) is 17.7 Å². The van der Waals surface area contributed by atoms with Gasteiger partial charge in [0, 0.05) is 0 Å². The van der Waals surface area contributed by atoms with Gasteiger partial charge in [0.25, 0.3) is 0 Å². The van der Waals surface area contributed by atoms with Crippen molar-refractivity contribution in [1.29, 1.82) is 0 Å². The zero-order valence-electron chi connectivity index (χ0n) is 10.8. The van der Waals surface area contributed by atoms with E-state index < -0.39 is 32.9 Å². The molecule has 3 unspecified atom stereocenters. The number of nitrogens with zero attached hydrogens (tertiary/aromatic N) is 1. The minimum atomic E-state index is -3.89. The molecule has 21 heavy (non-hydrogen) atoms. The van der Waals surface area contributed by atoms with Gasteiger partial charge < -0.3 is 0 Å². The molecule has 1 heterocycles. The van der Waals surface area contributed by atoms with Crippen molar-refractivity contribution in [3.63, 3.8) is 0 Å². The van der Waals surface area contributed by atoms with Crippen molar-refractivity contribution in [2.24, 2.45) is 11.8 Å². The van der Waals surface area contributed by atoms with E-state index in [0.717, 1.165) is 5.57 Å². The molecule has 4 rings (SSSR count). The van der Waals surface area contributed by atoms with Gasteiger partial charge in [-0.25, -0.2) is 17.1 Å². The maximum Gasteiger partial charge on any atom is 0.249 e. The molecule has 1 saturated heterocycles. The first-order valence-corrected chi connectivity index (χ1v) is 8.52. The number of hydrogen-bond acceptors (Lipinski definition) is 3. The summed E-state index contributed by atoms with van der Waals surface area (Å²) in [4.78, 5) is 12.6. The Hall–Kier alpha value is -1.40. The molecule has 2 aliphatic carbocycles. The number of amides is 1. The van der Waals surface area contributed by atoms with Crippen molar-refractivity contribution >= 4 is 33.2 Å². The third-order valence-corrected chi connectivity index (χ3v) is 7.11. The first-order valence-electron chi connectivity index (χ1n) is 6.64. The first kappa shape index (κ1) is 13.3. The minimum absolute atomic E-state index is 0.0637. The van der Waals surface area contributed by atoms with E-state index in [9.17, 15) is 17.6 Å². The number of carbonyl (C=O) groups is 1. The van der Waals surface area contributed by atoms with Crippen LogP contribution in [0.5, 0.6) is 0 Å². The Kier molecular flexibility index (Phi) is 2.58. The first-order chi connectivity index (χ1) is 9.93. The summed E-state index contributed by atoms with van der Waals surface area (Å²) in [5.41, 5.74) is 0.602. The normalized spacial score (nSPS) is 32.5. The molecule has 0 aromatic heterocycles. The van der Waals surface area contributed by atoms with Crippen molar-refractivity contribution in [2.75, 3.05) is 4.31 Å². The highest BCUT2D eigenvalue weighted by Gasteiger charge is 2.62. The van der Waals surface area contributed by atoms with Crippen LogP contribution in [-0.2, 0) is 14.8 Å². The molecular formula is C14H11ClFNO3S. The predicted molar refractivity (Wildman–Crippen MR) is 75.9 cm³/mol. The van der Waals surface area contributed by atoms with Gasteiger partial charge in [-0.3, -0.25) is 4.79 Å². The fourth-order valence-electron chi connectivity index (χ4n) is 3.75. The zero-order valence-corrected chi connectivity index (χ0v) is 12.4. The van der Waals surface area contributed by atoms with Crippen molar-refractivity contribution < 1.29 is 17.6 Å². The Morgan fingerprint density at radius 3 is 2.81 bits per heavy atom. The molecule has 4 nitrogen and oxygen atoms in total. The van der Waals surface area contributed by atoms with Crippen molar-refractivity contribution in [3.8, 4) is 0 Å². The summed E-state index contributed by atoms with van der Waals surface area (Å²) in [5.74, 6) is -2.15. The molecule has 110 valence electrons. The lowest BCUT2D eigenvalue weighted by Crippen LogP contribution is -2.34. The van der Waals surface area contributed by atoms with Gasteiger partial charge in [-0.1, -0.05) is 29.3 Å². The second-order valence-corrected chi connectivity index (χ2v) is 7.99. The second kappa shape index (κ2) is 4.08. The average Bonchev–Trinajstić information content (AvgIpc) is 3.08. The largest absolute Gasteiger partial charge is 0.273 e. The van der Waals surface area contributed by atoms with Crippen LogP contribution in [0.1, 0.15) is 12.8 Å². The van der Waals surface area contributed by atoms with E-state index in [1.54, 1.807) is 0 Å². The monoisotopic (exact) mass is 327 g/mol. The molecule has 1 amide bonds. The molecular weight excluding hydrogens is 317 g/mol. The van der Waals surface area contributed by atoms with Gasteiger partial charge in [0.1, 0.15) is 0 Å². The number of allylic oxidation sites excluding steroid dienone is 1. The highest BCUT2D eigenvalue weighted by atomic mass is 35.5. The van der Waals surface area contributed by atoms with Gasteiger partial charge in [-0.05, 0) is 30.9 Å². The molecule has 1 aromatic rings. The zero-order chi connectivity index (χ0) is 14.9. The highest BCUT2D eigenvalue weighted by molar-refractivity contribution is 7.94. The van der Waals surface area contributed by atoms with E-state index in [1.807, 2.05) is 6.08 Å². The quantitative estimate of drug-likeness (QED) is 0.745. The lowest BCUT2D eigenvalue weighted by atomic mass is 9.94. The fraction of sp³-hybridized carbons (Fsp3) is 0.357. The standard InChI is InChI=1S/C14H11ClFNO3S/c15-9-2-1-3-10(12(9)16)17-14(18)11-7-4-5-8(6-7)13(11)21(17,19)20/h1-4,8,11,13H,5-6H2.